The maximum atomic E-state index is 8.84. The number of benzene rings is 1. The van der Waals surface area contributed by atoms with Crippen LogP contribution in [0, 0.1) is 11.3 Å². The summed E-state index contributed by atoms with van der Waals surface area (Å²) >= 11 is 0. The molecule has 2 aromatic rings. The largest absolute Gasteiger partial charge is 0.493 e. The topological polar surface area (TPSA) is 99.0 Å². The predicted octanol–water partition coefficient (Wildman–Crippen LogP) is 0.868. The van der Waals surface area contributed by atoms with Crippen LogP contribution in [0.5, 0.6) is 11.5 Å². The molecule has 110 valence electrons. The molecule has 0 fully saturated rings. The zero-order valence-electron chi connectivity index (χ0n) is 12.0. The van der Waals surface area contributed by atoms with Gasteiger partial charge in [-0.25, -0.2) is 4.68 Å². The Morgan fingerprint density at radius 1 is 1.29 bits per heavy atom. The molecular weight excluding hydrogens is 270 g/mol. The van der Waals surface area contributed by atoms with E-state index in [9.17, 15) is 0 Å². The van der Waals surface area contributed by atoms with Crippen LogP contribution in [0.1, 0.15) is 17.0 Å². The molecule has 2 N–H and O–H groups in total. The number of hydrogen-bond acceptors (Lipinski definition) is 6. The van der Waals surface area contributed by atoms with Gasteiger partial charge in [0.25, 0.3) is 0 Å². The summed E-state index contributed by atoms with van der Waals surface area (Å²) in [6.45, 7) is 0.434. The van der Waals surface area contributed by atoms with Crippen molar-refractivity contribution in [2.24, 2.45) is 5.73 Å². The van der Waals surface area contributed by atoms with E-state index in [1.807, 2.05) is 18.2 Å². The molecule has 2 rings (SSSR count). The first-order valence-corrected chi connectivity index (χ1v) is 6.42. The van der Waals surface area contributed by atoms with Crippen LogP contribution in [0.15, 0.2) is 18.2 Å². The summed E-state index contributed by atoms with van der Waals surface area (Å²) in [5.74, 6) is 1.33. The van der Waals surface area contributed by atoms with Gasteiger partial charge in [0.15, 0.2) is 11.5 Å². The van der Waals surface area contributed by atoms with Gasteiger partial charge in [-0.3, -0.25) is 0 Å². The molecule has 0 amide bonds. The van der Waals surface area contributed by atoms with Gasteiger partial charge < -0.3 is 15.2 Å². The summed E-state index contributed by atoms with van der Waals surface area (Å²) < 4.78 is 12.1. The third-order valence-electron chi connectivity index (χ3n) is 3.15. The number of ether oxygens (including phenoxy) is 2. The van der Waals surface area contributed by atoms with Crippen molar-refractivity contribution in [2.75, 3.05) is 14.2 Å². The fourth-order valence-electron chi connectivity index (χ4n) is 2.10. The lowest BCUT2D eigenvalue weighted by Gasteiger charge is -2.10. The van der Waals surface area contributed by atoms with Crippen LogP contribution in [-0.4, -0.2) is 29.2 Å². The standard InChI is InChI=1S/C14H17N5O2/c1-20-13-4-3-10(8-14(13)21-2)7-12-11(9-16)17-18-19(12)6-5-15/h3-4,8H,6-7,9,16H2,1-2H3. The molecule has 0 aliphatic rings. The zero-order valence-corrected chi connectivity index (χ0v) is 12.0. The monoisotopic (exact) mass is 287 g/mol. The van der Waals surface area contributed by atoms with Gasteiger partial charge in [-0.1, -0.05) is 11.3 Å². The van der Waals surface area contributed by atoms with E-state index in [1.165, 1.54) is 0 Å². The van der Waals surface area contributed by atoms with Crippen molar-refractivity contribution >= 4 is 0 Å². The number of hydrogen-bond donors (Lipinski definition) is 1. The molecule has 0 saturated heterocycles. The summed E-state index contributed by atoms with van der Waals surface area (Å²) in [5, 5.41) is 16.8. The van der Waals surface area contributed by atoms with E-state index in [-0.39, 0.29) is 13.1 Å². The molecule has 0 saturated carbocycles. The first-order chi connectivity index (χ1) is 10.2. The molecule has 0 aliphatic heterocycles. The normalized spacial score (nSPS) is 10.2. The van der Waals surface area contributed by atoms with Crippen molar-refractivity contribution in [1.29, 1.82) is 5.26 Å². The van der Waals surface area contributed by atoms with Crippen molar-refractivity contribution in [3.63, 3.8) is 0 Å². The third-order valence-corrected chi connectivity index (χ3v) is 3.15. The maximum Gasteiger partial charge on any atom is 0.160 e. The number of nitrogens with two attached hydrogens (primary N) is 1. The van der Waals surface area contributed by atoms with E-state index in [1.54, 1.807) is 18.9 Å². The second-order valence-electron chi connectivity index (χ2n) is 4.37. The van der Waals surface area contributed by atoms with Crippen molar-refractivity contribution in [3.8, 4) is 17.6 Å². The molecule has 0 atom stereocenters. The van der Waals surface area contributed by atoms with E-state index < -0.39 is 0 Å². The molecule has 7 nitrogen and oxygen atoms in total. The van der Waals surface area contributed by atoms with Gasteiger partial charge in [0, 0.05) is 13.0 Å². The summed E-state index contributed by atoms with van der Waals surface area (Å²) in [6.07, 6.45) is 0.571. The predicted molar refractivity (Wildman–Crippen MR) is 75.9 cm³/mol. The molecule has 0 bridgehead atoms. The smallest absolute Gasteiger partial charge is 0.160 e. The Labute approximate surface area is 122 Å². The summed E-state index contributed by atoms with van der Waals surface area (Å²) in [5.41, 5.74) is 8.21. The lowest BCUT2D eigenvalue weighted by molar-refractivity contribution is 0.354. The molecule has 7 heteroatoms. The molecule has 0 spiro atoms. The van der Waals surface area contributed by atoms with Crippen molar-refractivity contribution in [2.45, 2.75) is 19.5 Å². The van der Waals surface area contributed by atoms with Crippen LogP contribution in [0.25, 0.3) is 0 Å². The summed E-state index contributed by atoms with van der Waals surface area (Å²) in [4.78, 5) is 0. The van der Waals surface area contributed by atoms with E-state index in [0.717, 1.165) is 11.3 Å². The average molecular weight is 287 g/mol. The van der Waals surface area contributed by atoms with Crippen molar-refractivity contribution in [3.05, 3.63) is 35.2 Å². The summed E-state index contributed by atoms with van der Waals surface area (Å²) in [6, 6.07) is 7.73. The van der Waals surface area contributed by atoms with Gasteiger partial charge in [0.05, 0.1) is 31.7 Å². The van der Waals surface area contributed by atoms with Gasteiger partial charge in [-0.2, -0.15) is 5.26 Å². The van der Waals surface area contributed by atoms with Crippen molar-refractivity contribution in [1.82, 2.24) is 15.0 Å². The number of aromatic nitrogens is 3. The van der Waals surface area contributed by atoms with Gasteiger partial charge in [0.1, 0.15) is 6.54 Å². The van der Waals surface area contributed by atoms with Gasteiger partial charge in [-0.15, -0.1) is 5.10 Å². The number of nitriles is 1. The lowest BCUT2D eigenvalue weighted by atomic mass is 10.1. The van der Waals surface area contributed by atoms with Crippen LogP contribution in [0.2, 0.25) is 0 Å². The molecule has 1 aromatic carbocycles. The Balaban J connectivity index is 2.33. The van der Waals surface area contributed by atoms with Crippen LogP contribution in [0.3, 0.4) is 0 Å². The van der Waals surface area contributed by atoms with E-state index in [0.29, 0.717) is 23.6 Å². The molecule has 1 aromatic heterocycles. The molecule has 1 heterocycles. The second kappa shape index (κ2) is 6.72. The van der Waals surface area contributed by atoms with Crippen LogP contribution < -0.4 is 15.2 Å². The minimum absolute atomic E-state index is 0.148. The molecule has 0 aliphatic carbocycles. The SMILES string of the molecule is COc1ccc(Cc2c(CN)nnn2CC#N)cc1OC. The highest BCUT2D eigenvalue weighted by atomic mass is 16.5. The number of methoxy groups -OCH3 is 2. The maximum absolute atomic E-state index is 8.84. The Kier molecular flexibility index (Phi) is 4.74. The second-order valence-corrected chi connectivity index (χ2v) is 4.37. The highest BCUT2D eigenvalue weighted by molar-refractivity contribution is 5.44. The molecule has 0 radical (unpaired) electrons. The van der Waals surface area contributed by atoms with Crippen molar-refractivity contribution < 1.29 is 9.47 Å². The fraction of sp³-hybridized carbons (Fsp3) is 0.357. The Morgan fingerprint density at radius 3 is 2.67 bits per heavy atom. The van der Waals surface area contributed by atoms with Gasteiger partial charge in [0.2, 0.25) is 0 Å². The Morgan fingerprint density at radius 2 is 2.05 bits per heavy atom. The number of nitrogens with zero attached hydrogens (tertiary/aromatic N) is 4. The third kappa shape index (κ3) is 3.12. The zero-order chi connectivity index (χ0) is 15.2. The minimum atomic E-state index is 0.148. The minimum Gasteiger partial charge on any atom is -0.493 e. The van der Waals surface area contributed by atoms with Crippen LogP contribution >= 0.6 is 0 Å². The Bertz CT molecular complexity index is 660. The molecular formula is C14H17N5O2. The van der Waals surface area contributed by atoms with E-state index in [4.69, 9.17) is 20.5 Å². The van der Waals surface area contributed by atoms with E-state index >= 15 is 0 Å². The quantitative estimate of drug-likeness (QED) is 0.846. The lowest BCUT2D eigenvalue weighted by Crippen LogP contribution is -2.08. The highest BCUT2D eigenvalue weighted by Crippen LogP contribution is 2.28. The van der Waals surface area contributed by atoms with Gasteiger partial charge >= 0.3 is 0 Å². The number of rotatable bonds is 6. The average Bonchev–Trinajstić information content (AvgIpc) is 2.89. The fourth-order valence-corrected chi connectivity index (χ4v) is 2.10. The first-order valence-electron chi connectivity index (χ1n) is 6.42. The van der Waals surface area contributed by atoms with Crippen LogP contribution in [0.4, 0.5) is 0 Å². The highest BCUT2D eigenvalue weighted by Gasteiger charge is 2.13. The molecule has 0 unspecified atom stereocenters. The van der Waals surface area contributed by atoms with Gasteiger partial charge in [-0.05, 0) is 17.7 Å². The Hall–Kier alpha value is -2.59. The molecule has 21 heavy (non-hydrogen) atoms. The first kappa shape index (κ1) is 14.8. The van der Waals surface area contributed by atoms with Crippen LogP contribution in [-0.2, 0) is 19.5 Å². The summed E-state index contributed by atoms with van der Waals surface area (Å²) in [7, 11) is 3.18. The van der Waals surface area contributed by atoms with E-state index in [2.05, 4.69) is 16.4 Å².